The minimum absolute atomic E-state index is 0.275. The molecule has 1 N–H and O–H groups in total. The lowest BCUT2D eigenvalue weighted by Crippen LogP contribution is -2.45. The summed E-state index contributed by atoms with van der Waals surface area (Å²) in [6.07, 6.45) is 5.01. The van der Waals surface area contributed by atoms with Crippen LogP contribution in [0.3, 0.4) is 0 Å². The maximum absolute atomic E-state index is 13.5. The number of hydrogen-bond donors (Lipinski definition) is 1. The van der Waals surface area contributed by atoms with Gasteiger partial charge in [0.15, 0.2) is 0 Å². The number of hydrogen-bond acceptors (Lipinski definition) is 4. The largest absolute Gasteiger partial charge is 0.474 e. The number of rotatable bonds is 2. The fourth-order valence-corrected chi connectivity index (χ4v) is 3.18. The van der Waals surface area contributed by atoms with Gasteiger partial charge in [0.25, 0.3) is 0 Å². The van der Waals surface area contributed by atoms with E-state index in [1.807, 2.05) is 0 Å². The topological polar surface area (TPSA) is 72.3 Å². The lowest BCUT2D eigenvalue weighted by molar-refractivity contribution is 0.236. The molecule has 158 valence electrons. The van der Waals surface area contributed by atoms with E-state index in [2.05, 4.69) is 27.2 Å². The van der Waals surface area contributed by atoms with Crippen molar-refractivity contribution in [1.82, 2.24) is 20.1 Å². The van der Waals surface area contributed by atoms with Gasteiger partial charge in [0.2, 0.25) is 5.88 Å². The van der Waals surface area contributed by atoms with Gasteiger partial charge in [-0.2, -0.15) is 5.10 Å². The number of ether oxygens (including phenoxy) is 1. The van der Waals surface area contributed by atoms with Crippen molar-refractivity contribution in [3.63, 3.8) is 0 Å². The Morgan fingerprint density at radius 3 is 2.61 bits per heavy atom. The maximum atomic E-state index is 13.5. The summed E-state index contributed by atoms with van der Waals surface area (Å²) in [5.74, 6) is 4.91. The highest BCUT2D eigenvalue weighted by Crippen LogP contribution is 2.30. The highest BCUT2D eigenvalue weighted by molar-refractivity contribution is 5.94. The molecule has 2 aromatic heterocycles. The van der Waals surface area contributed by atoms with Gasteiger partial charge in [-0.15, -0.1) is 0 Å². The highest BCUT2D eigenvalue weighted by atomic mass is 19.1. The molecule has 7 nitrogen and oxygen atoms in total. The molecule has 0 radical (unpaired) electrons. The zero-order valence-corrected chi connectivity index (χ0v) is 16.9. The number of fused-ring (bicyclic) bond motifs is 1. The minimum Gasteiger partial charge on any atom is -0.474 e. The molecule has 31 heavy (non-hydrogen) atoms. The maximum Gasteiger partial charge on any atom is 0.322 e. The van der Waals surface area contributed by atoms with Gasteiger partial charge in [-0.3, -0.25) is 9.58 Å². The van der Waals surface area contributed by atoms with Gasteiger partial charge >= 0.3 is 6.03 Å². The molecule has 2 amide bonds. The van der Waals surface area contributed by atoms with E-state index in [0.29, 0.717) is 29.2 Å². The van der Waals surface area contributed by atoms with E-state index < -0.39 is 23.7 Å². The smallest absolute Gasteiger partial charge is 0.322 e. The average Bonchev–Trinajstić information content (AvgIpc) is 3.16. The quantitative estimate of drug-likeness (QED) is 0.643. The zero-order chi connectivity index (χ0) is 22.0. The number of benzene rings is 1. The van der Waals surface area contributed by atoms with E-state index in [1.54, 1.807) is 43.3 Å². The third-order valence-electron chi connectivity index (χ3n) is 4.70. The van der Waals surface area contributed by atoms with E-state index >= 15 is 0 Å². The van der Waals surface area contributed by atoms with Gasteiger partial charge in [0.1, 0.15) is 23.9 Å². The first kappa shape index (κ1) is 20.3. The molecule has 4 rings (SSSR count). The molecule has 1 aliphatic rings. The number of aromatic nitrogens is 3. The molecule has 0 aliphatic carbocycles. The number of nitrogens with zero attached hydrogens (tertiary/aromatic N) is 4. The number of carbonyl (C=O) groups is 1. The SMILES string of the molecule is C[C@H](NC(=O)N1CCOc2ncc(C#Cc3cnn(C)c3)cc21)c1cc(F)cc(F)c1. The summed E-state index contributed by atoms with van der Waals surface area (Å²) < 4.78 is 34.2. The highest BCUT2D eigenvalue weighted by Gasteiger charge is 2.26. The molecule has 9 heteroatoms. The Morgan fingerprint density at radius 2 is 1.90 bits per heavy atom. The third kappa shape index (κ3) is 4.64. The lowest BCUT2D eigenvalue weighted by Gasteiger charge is -2.30. The predicted octanol–water partition coefficient (Wildman–Crippen LogP) is 3.16. The van der Waals surface area contributed by atoms with Crippen molar-refractivity contribution in [2.24, 2.45) is 7.05 Å². The van der Waals surface area contributed by atoms with E-state index in [0.717, 1.165) is 11.6 Å². The van der Waals surface area contributed by atoms with Crippen LogP contribution in [-0.4, -0.2) is 33.9 Å². The summed E-state index contributed by atoms with van der Waals surface area (Å²) in [5.41, 5.74) is 2.15. The Morgan fingerprint density at radius 1 is 1.16 bits per heavy atom. The predicted molar refractivity (Wildman–Crippen MR) is 110 cm³/mol. The Bertz CT molecular complexity index is 1180. The molecular weight excluding hydrogens is 404 g/mol. The van der Waals surface area contributed by atoms with Crippen LogP contribution in [0.5, 0.6) is 5.88 Å². The standard InChI is InChI=1S/C22H19F2N5O2/c1-14(17-8-18(23)10-19(24)9-17)27-22(30)29-5-6-31-21-20(29)7-15(11-25-21)3-4-16-12-26-28(2)13-16/h7-14H,5-6H2,1-2H3,(H,27,30)/t14-/m0/s1. The molecule has 1 atom stereocenters. The van der Waals surface area contributed by atoms with Crippen LogP contribution in [-0.2, 0) is 7.05 Å². The first-order chi connectivity index (χ1) is 14.9. The van der Waals surface area contributed by atoms with Crippen molar-refractivity contribution in [3.05, 3.63) is 71.2 Å². The van der Waals surface area contributed by atoms with Crippen molar-refractivity contribution < 1.29 is 18.3 Å². The zero-order valence-electron chi connectivity index (χ0n) is 16.9. The molecule has 0 unspecified atom stereocenters. The summed E-state index contributed by atoms with van der Waals surface area (Å²) in [5, 5.41) is 6.83. The fourth-order valence-electron chi connectivity index (χ4n) is 3.18. The van der Waals surface area contributed by atoms with Gasteiger partial charge in [0, 0.05) is 31.1 Å². The Labute approximate surface area is 177 Å². The van der Waals surface area contributed by atoms with Crippen molar-refractivity contribution in [1.29, 1.82) is 0 Å². The van der Waals surface area contributed by atoms with Crippen molar-refractivity contribution in [2.45, 2.75) is 13.0 Å². The van der Waals surface area contributed by atoms with Gasteiger partial charge in [-0.1, -0.05) is 11.8 Å². The molecule has 0 fully saturated rings. The molecular formula is C22H19F2N5O2. The van der Waals surface area contributed by atoms with Crippen LogP contribution in [0.4, 0.5) is 19.3 Å². The number of amides is 2. The van der Waals surface area contributed by atoms with Crippen LogP contribution in [0.1, 0.15) is 29.7 Å². The first-order valence-electron chi connectivity index (χ1n) is 9.56. The number of urea groups is 1. The minimum atomic E-state index is -0.700. The van der Waals surface area contributed by atoms with Crippen LogP contribution in [0.15, 0.2) is 42.9 Å². The normalized spacial score (nSPS) is 13.5. The fraction of sp³-hybridized carbons (Fsp3) is 0.227. The first-order valence-corrected chi connectivity index (χ1v) is 9.56. The van der Waals surface area contributed by atoms with Gasteiger partial charge < -0.3 is 10.1 Å². The monoisotopic (exact) mass is 423 g/mol. The summed E-state index contributed by atoms with van der Waals surface area (Å²) in [6, 6.07) is 3.85. The Hall–Kier alpha value is -3.93. The molecule has 1 aromatic carbocycles. The van der Waals surface area contributed by atoms with Crippen LogP contribution < -0.4 is 15.0 Å². The second kappa shape index (κ2) is 8.44. The molecule has 3 heterocycles. The number of pyridine rings is 1. The Kier molecular flexibility index (Phi) is 5.54. The molecule has 0 saturated heterocycles. The summed E-state index contributed by atoms with van der Waals surface area (Å²) >= 11 is 0. The van der Waals surface area contributed by atoms with Crippen LogP contribution in [0, 0.1) is 23.5 Å². The van der Waals surface area contributed by atoms with Crippen molar-refractivity contribution in [3.8, 4) is 17.7 Å². The molecule has 3 aromatic rings. The number of carbonyl (C=O) groups excluding carboxylic acids is 1. The van der Waals surface area contributed by atoms with Gasteiger partial charge in [-0.05, 0) is 30.7 Å². The van der Waals surface area contributed by atoms with Crippen LogP contribution in [0.25, 0.3) is 0 Å². The second-order valence-corrected chi connectivity index (χ2v) is 7.08. The van der Waals surface area contributed by atoms with Crippen LogP contribution >= 0.6 is 0 Å². The number of halogens is 2. The van der Waals surface area contributed by atoms with E-state index in [4.69, 9.17) is 4.74 Å². The summed E-state index contributed by atoms with van der Waals surface area (Å²) in [4.78, 5) is 18.6. The third-order valence-corrected chi connectivity index (χ3v) is 4.70. The van der Waals surface area contributed by atoms with E-state index in [-0.39, 0.29) is 6.61 Å². The molecule has 0 bridgehead atoms. The van der Waals surface area contributed by atoms with Gasteiger partial charge in [0.05, 0.1) is 24.3 Å². The lowest BCUT2D eigenvalue weighted by atomic mass is 10.1. The van der Waals surface area contributed by atoms with Crippen molar-refractivity contribution in [2.75, 3.05) is 18.1 Å². The summed E-state index contributed by atoms with van der Waals surface area (Å²) in [6.45, 7) is 2.23. The van der Waals surface area contributed by atoms with Crippen molar-refractivity contribution >= 4 is 11.7 Å². The molecule has 1 aliphatic heterocycles. The van der Waals surface area contributed by atoms with Crippen LogP contribution in [0.2, 0.25) is 0 Å². The number of nitrogens with one attached hydrogen (secondary N) is 1. The number of aryl methyl sites for hydroxylation is 1. The van der Waals surface area contributed by atoms with Gasteiger partial charge in [-0.25, -0.2) is 18.6 Å². The summed E-state index contributed by atoms with van der Waals surface area (Å²) in [7, 11) is 1.80. The van der Waals surface area contributed by atoms with E-state index in [1.165, 1.54) is 17.0 Å². The Balaban J connectivity index is 1.55. The molecule has 0 spiro atoms. The molecule has 0 saturated carbocycles. The number of anilines is 1. The second-order valence-electron chi connectivity index (χ2n) is 7.08. The van der Waals surface area contributed by atoms with E-state index in [9.17, 15) is 13.6 Å². The average molecular weight is 423 g/mol.